The number of nitrogens with one attached hydrogen (secondary N) is 2. The Labute approximate surface area is 232 Å². The number of H-pyrrole nitrogens is 1. The Bertz CT molecular complexity index is 1580. The number of aromatic amines is 1. The topological polar surface area (TPSA) is 78.2 Å². The third-order valence-corrected chi connectivity index (χ3v) is 6.94. The van der Waals surface area contributed by atoms with E-state index in [0.29, 0.717) is 22.8 Å². The van der Waals surface area contributed by atoms with Gasteiger partial charge in [-0.1, -0.05) is 43.3 Å². The molecule has 0 radical (unpaired) electrons. The predicted octanol–water partition coefficient (Wildman–Crippen LogP) is 7.59. The minimum absolute atomic E-state index is 0.0388. The van der Waals surface area contributed by atoms with E-state index in [4.69, 9.17) is 4.74 Å². The first-order valence-electron chi connectivity index (χ1n) is 13.1. The Balaban J connectivity index is 1.73. The van der Waals surface area contributed by atoms with E-state index in [1.165, 1.54) is 31.2 Å². The van der Waals surface area contributed by atoms with Crippen molar-refractivity contribution in [3.63, 3.8) is 0 Å². The summed E-state index contributed by atoms with van der Waals surface area (Å²) >= 11 is 0. The van der Waals surface area contributed by atoms with E-state index in [-0.39, 0.29) is 23.4 Å². The van der Waals surface area contributed by atoms with Gasteiger partial charge in [-0.15, -0.1) is 0 Å². The summed E-state index contributed by atoms with van der Waals surface area (Å²) in [5.74, 6) is -2.69. The quantitative estimate of drug-likeness (QED) is 0.157. The fourth-order valence-corrected chi connectivity index (χ4v) is 5.00. The van der Waals surface area contributed by atoms with Crippen LogP contribution in [0.4, 0.5) is 14.5 Å². The normalized spacial score (nSPS) is 11.7. The predicted molar refractivity (Wildman–Crippen MR) is 153 cm³/mol. The molecule has 0 fully saturated rings. The second kappa shape index (κ2) is 11.3. The molecule has 0 saturated carbocycles. The van der Waals surface area contributed by atoms with E-state index in [1.807, 2.05) is 45.1 Å². The van der Waals surface area contributed by atoms with Crippen molar-refractivity contribution < 1.29 is 28.2 Å². The lowest BCUT2D eigenvalue weighted by molar-refractivity contribution is -0.896. The average molecular weight is 547 g/mol. The van der Waals surface area contributed by atoms with Crippen LogP contribution in [0.25, 0.3) is 28.6 Å². The Morgan fingerprint density at radius 3 is 2.42 bits per heavy atom. The Kier molecular flexibility index (Phi) is 8.09. The number of benzene rings is 3. The van der Waals surface area contributed by atoms with E-state index in [2.05, 4.69) is 22.4 Å². The molecule has 6 nitrogen and oxygen atoms in total. The smallest absolute Gasteiger partial charge is 0.327 e. The van der Waals surface area contributed by atoms with E-state index in [0.717, 1.165) is 32.5 Å². The number of aryl methyl sites for hydroxylation is 3. The molecule has 1 heterocycles. The van der Waals surface area contributed by atoms with Crippen LogP contribution in [0.3, 0.4) is 0 Å². The van der Waals surface area contributed by atoms with Gasteiger partial charge in [0.25, 0.3) is 11.6 Å². The second-order valence-electron chi connectivity index (χ2n) is 9.80. The number of hydrogen-bond acceptors (Lipinski definition) is 3. The van der Waals surface area contributed by atoms with Gasteiger partial charge >= 0.3 is 11.7 Å². The number of hydrogen-bond donors (Lipinski definition) is 3. The zero-order valence-corrected chi connectivity index (χ0v) is 23.5. The summed E-state index contributed by atoms with van der Waals surface area (Å²) in [6, 6.07) is 15.3. The SMILES string of the molecule is C/C=C/c1cc(C)c(-c2cc(-c3[nH]c(C)c(C(=O)Nc4cccc(C(F)(F)CC)c4)[n+]3O)ccc2OC)c(C)c1. The summed E-state index contributed by atoms with van der Waals surface area (Å²) in [6.45, 7) is 9.12. The largest absolute Gasteiger partial charge is 0.496 e. The summed E-state index contributed by atoms with van der Waals surface area (Å²) in [7, 11) is 1.61. The van der Waals surface area contributed by atoms with Crippen molar-refractivity contribution in [1.82, 2.24) is 4.98 Å². The average Bonchev–Trinajstić information content (AvgIpc) is 3.22. The maximum atomic E-state index is 14.2. The number of methoxy groups -OCH3 is 1. The number of anilines is 1. The number of allylic oxidation sites excluding steroid dienone is 1. The monoisotopic (exact) mass is 546 g/mol. The van der Waals surface area contributed by atoms with E-state index in [9.17, 15) is 18.8 Å². The van der Waals surface area contributed by atoms with Crippen LogP contribution in [0, 0.1) is 20.8 Å². The molecule has 0 aliphatic rings. The Morgan fingerprint density at radius 1 is 1.10 bits per heavy atom. The minimum Gasteiger partial charge on any atom is -0.496 e. The van der Waals surface area contributed by atoms with Crippen molar-refractivity contribution in [3.8, 4) is 28.3 Å². The number of halogens is 2. The van der Waals surface area contributed by atoms with Crippen molar-refractivity contribution in [1.29, 1.82) is 0 Å². The van der Waals surface area contributed by atoms with Gasteiger partial charge in [-0.2, -0.15) is 0 Å². The van der Waals surface area contributed by atoms with Crippen molar-refractivity contribution in [2.75, 3.05) is 12.4 Å². The summed E-state index contributed by atoms with van der Waals surface area (Å²) in [6.07, 6.45) is 3.68. The molecular formula is C32H34F2N3O3+. The lowest BCUT2D eigenvalue weighted by atomic mass is 9.91. The molecule has 0 aliphatic heterocycles. The van der Waals surface area contributed by atoms with Crippen molar-refractivity contribution in [2.24, 2.45) is 0 Å². The molecule has 1 aromatic heterocycles. The number of ether oxygens (including phenoxy) is 1. The van der Waals surface area contributed by atoms with Gasteiger partial charge < -0.3 is 15.3 Å². The van der Waals surface area contributed by atoms with Gasteiger partial charge in [-0.25, -0.2) is 13.8 Å². The maximum Gasteiger partial charge on any atom is 0.327 e. The van der Waals surface area contributed by atoms with Gasteiger partial charge in [0.15, 0.2) is 5.69 Å². The number of alkyl halides is 2. The number of imidazole rings is 1. The molecule has 0 bridgehead atoms. The molecule has 1 amide bonds. The number of amides is 1. The highest BCUT2D eigenvalue weighted by atomic mass is 19.3. The van der Waals surface area contributed by atoms with Crippen LogP contribution in [-0.4, -0.2) is 23.2 Å². The van der Waals surface area contributed by atoms with Crippen LogP contribution < -0.4 is 14.8 Å². The zero-order valence-electron chi connectivity index (χ0n) is 23.5. The molecule has 4 rings (SSSR count). The fourth-order valence-electron chi connectivity index (χ4n) is 5.00. The summed E-state index contributed by atoms with van der Waals surface area (Å²) in [5, 5.41) is 13.7. The van der Waals surface area contributed by atoms with Gasteiger partial charge in [-0.05, 0) is 78.1 Å². The Hall–Kier alpha value is -4.46. The molecule has 0 unspecified atom stereocenters. The third kappa shape index (κ3) is 5.47. The molecule has 0 spiro atoms. The van der Waals surface area contributed by atoms with Crippen LogP contribution >= 0.6 is 0 Å². The highest BCUT2D eigenvalue weighted by molar-refractivity contribution is 6.02. The molecule has 0 saturated heterocycles. The van der Waals surface area contributed by atoms with Crippen LogP contribution in [0.1, 0.15) is 58.7 Å². The molecule has 40 heavy (non-hydrogen) atoms. The first-order chi connectivity index (χ1) is 19.0. The highest BCUT2D eigenvalue weighted by Gasteiger charge is 2.32. The molecule has 3 N–H and O–H groups in total. The van der Waals surface area contributed by atoms with Gasteiger partial charge in [0.2, 0.25) is 0 Å². The van der Waals surface area contributed by atoms with Gasteiger partial charge in [-0.3, -0.25) is 4.79 Å². The molecule has 3 aromatic carbocycles. The molecule has 8 heteroatoms. The maximum absolute atomic E-state index is 14.2. The van der Waals surface area contributed by atoms with Crippen molar-refractivity contribution in [3.05, 3.63) is 94.3 Å². The van der Waals surface area contributed by atoms with E-state index < -0.39 is 11.8 Å². The zero-order chi connectivity index (χ0) is 29.2. The van der Waals surface area contributed by atoms with Gasteiger partial charge in [0.1, 0.15) is 5.75 Å². The van der Waals surface area contributed by atoms with Crippen LogP contribution in [0.15, 0.2) is 60.7 Å². The number of nitrogens with zero attached hydrogens (tertiary/aromatic N) is 1. The van der Waals surface area contributed by atoms with E-state index >= 15 is 0 Å². The summed E-state index contributed by atoms with van der Waals surface area (Å²) < 4.78 is 34.8. The lowest BCUT2D eigenvalue weighted by Crippen LogP contribution is -2.39. The van der Waals surface area contributed by atoms with E-state index in [1.54, 1.807) is 20.1 Å². The summed E-state index contributed by atoms with van der Waals surface area (Å²) in [4.78, 5) is 16.3. The second-order valence-corrected chi connectivity index (χ2v) is 9.80. The third-order valence-electron chi connectivity index (χ3n) is 6.94. The van der Waals surface area contributed by atoms with Gasteiger partial charge in [0.05, 0.1) is 12.7 Å². The first kappa shape index (κ1) is 28.5. The molecule has 208 valence electrons. The van der Waals surface area contributed by atoms with Crippen LogP contribution in [0.5, 0.6) is 5.75 Å². The molecule has 4 aromatic rings. The highest BCUT2D eigenvalue weighted by Crippen LogP contribution is 2.38. The van der Waals surface area contributed by atoms with Crippen LogP contribution in [0.2, 0.25) is 0 Å². The minimum atomic E-state index is -3.01. The summed E-state index contributed by atoms with van der Waals surface area (Å²) in [5.41, 5.74) is 6.11. The van der Waals surface area contributed by atoms with Crippen molar-refractivity contribution >= 4 is 17.7 Å². The number of rotatable bonds is 8. The molecule has 0 aliphatic carbocycles. The van der Waals surface area contributed by atoms with Crippen LogP contribution in [-0.2, 0) is 5.92 Å². The standard InChI is InChI=1S/C32H33F2N3O3/c1-7-10-22-15-19(3)28(20(4)16-22)26-17-23(13-14-27(26)40-6)30-35-21(5)29(37(30)39)31(38)36-25-12-9-11-24(18-25)32(33,34)8-2/h7,9-18,39H,8H2,1-6H3,(H,36,38)/p+1/b10-7+. The van der Waals surface area contributed by atoms with Crippen molar-refractivity contribution in [2.45, 2.75) is 47.0 Å². The van der Waals surface area contributed by atoms with Gasteiger partial charge in [0, 0.05) is 30.2 Å². The number of carbonyl (C=O) groups is 1. The first-order valence-corrected chi connectivity index (χ1v) is 13.1. The Morgan fingerprint density at radius 2 is 1.80 bits per heavy atom. The lowest BCUT2D eigenvalue weighted by Gasteiger charge is -2.16. The number of carbonyl (C=O) groups excluding carboxylic acids is 1. The molecule has 0 atom stereocenters. The number of aromatic nitrogens is 2. The molecular weight excluding hydrogens is 512 g/mol. The fraction of sp³-hybridized carbons (Fsp3) is 0.250.